The molecule has 0 aliphatic carbocycles. The van der Waals surface area contributed by atoms with E-state index in [0.29, 0.717) is 5.88 Å². The lowest BCUT2D eigenvalue weighted by molar-refractivity contribution is 0.444. The Morgan fingerprint density at radius 2 is 2.00 bits per heavy atom. The van der Waals surface area contributed by atoms with Gasteiger partial charge in [-0.2, -0.15) is 0 Å². The molecule has 0 fully saturated rings. The number of hydrogen-bond acceptors (Lipinski definition) is 3. The van der Waals surface area contributed by atoms with Crippen LogP contribution in [0, 0.1) is 0 Å². The summed E-state index contributed by atoms with van der Waals surface area (Å²) in [6.07, 6.45) is 1.72. The van der Waals surface area contributed by atoms with E-state index < -0.39 is 0 Å². The van der Waals surface area contributed by atoms with Crippen LogP contribution in [-0.2, 0) is 0 Å². The number of pyridine rings is 1. The minimum atomic E-state index is -0.342. The van der Waals surface area contributed by atoms with Gasteiger partial charge in [0.25, 0.3) is 0 Å². The van der Waals surface area contributed by atoms with Crippen LogP contribution in [0.25, 0.3) is 10.8 Å². The Bertz CT molecular complexity index is 419. The summed E-state index contributed by atoms with van der Waals surface area (Å²) in [7, 11) is -0.342. The number of benzene rings is 1. The van der Waals surface area contributed by atoms with Gasteiger partial charge in [-0.15, -0.1) is 0 Å². The highest BCUT2D eigenvalue weighted by atomic mass is 16.5. The van der Waals surface area contributed by atoms with Gasteiger partial charge < -0.3 is 9.68 Å². The molecule has 0 aliphatic rings. The molecule has 1 heterocycles. The smallest absolute Gasteiger partial charge is 0.505 e. The third-order valence-corrected chi connectivity index (χ3v) is 1.82. The van der Waals surface area contributed by atoms with Crippen LogP contribution in [0.15, 0.2) is 36.5 Å². The molecule has 0 spiro atoms. The van der Waals surface area contributed by atoms with Crippen LogP contribution in [0.3, 0.4) is 0 Å². The average molecular weight is 173 g/mol. The molecule has 64 valence electrons. The highest BCUT2D eigenvalue weighted by molar-refractivity contribution is 6.17. The molecule has 1 aromatic heterocycles. The maximum absolute atomic E-state index is 8.53. The molecule has 0 atom stereocenters. The topological polar surface area (TPSA) is 42.4 Å². The fourth-order valence-electron chi connectivity index (χ4n) is 1.21. The van der Waals surface area contributed by atoms with Crippen LogP contribution in [0.1, 0.15) is 0 Å². The van der Waals surface area contributed by atoms with Crippen molar-refractivity contribution < 1.29 is 9.68 Å². The molecule has 0 unspecified atom stereocenters. The SMILES string of the molecule is OBOc1cc2ccccc2cn1. The van der Waals surface area contributed by atoms with Gasteiger partial charge >= 0.3 is 7.69 Å². The Morgan fingerprint density at radius 3 is 2.77 bits per heavy atom. The first-order valence-electron chi connectivity index (χ1n) is 3.98. The first-order valence-corrected chi connectivity index (χ1v) is 3.98. The molecule has 0 saturated carbocycles. The first kappa shape index (κ1) is 8.07. The van der Waals surface area contributed by atoms with Gasteiger partial charge in [0, 0.05) is 17.6 Å². The van der Waals surface area contributed by atoms with Crippen molar-refractivity contribution in [1.82, 2.24) is 4.98 Å². The molecular weight excluding hydrogens is 165 g/mol. The van der Waals surface area contributed by atoms with E-state index in [1.54, 1.807) is 12.3 Å². The zero-order chi connectivity index (χ0) is 9.10. The van der Waals surface area contributed by atoms with Crippen molar-refractivity contribution in [3.05, 3.63) is 36.5 Å². The van der Waals surface area contributed by atoms with E-state index in [2.05, 4.69) is 4.98 Å². The lowest BCUT2D eigenvalue weighted by Gasteiger charge is -2.01. The zero-order valence-corrected chi connectivity index (χ0v) is 6.97. The van der Waals surface area contributed by atoms with Crippen molar-refractivity contribution in [2.24, 2.45) is 0 Å². The second-order valence-electron chi connectivity index (χ2n) is 2.64. The quantitative estimate of drug-likeness (QED) is 0.685. The third-order valence-electron chi connectivity index (χ3n) is 1.82. The third kappa shape index (κ3) is 1.62. The summed E-state index contributed by atoms with van der Waals surface area (Å²) >= 11 is 0. The van der Waals surface area contributed by atoms with E-state index in [9.17, 15) is 0 Å². The molecule has 0 amide bonds. The number of fused-ring (bicyclic) bond motifs is 1. The maximum atomic E-state index is 8.53. The second kappa shape index (κ2) is 3.45. The van der Waals surface area contributed by atoms with Gasteiger partial charge in [0.05, 0.1) is 0 Å². The van der Waals surface area contributed by atoms with Gasteiger partial charge in [0.2, 0.25) is 0 Å². The molecule has 2 rings (SSSR count). The molecule has 0 bridgehead atoms. The highest BCUT2D eigenvalue weighted by Crippen LogP contribution is 2.16. The highest BCUT2D eigenvalue weighted by Gasteiger charge is 1.97. The van der Waals surface area contributed by atoms with Crippen molar-refractivity contribution in [1.29, 1.82) is 0 Å². The molecule has 0 saturated heterocycles. The van der Waals surface area contributed by atoms with E-state index in [0.717, 1.165) is 10.8 Å². The Morgan fingerprint density at radius 1 is 1.23 bits per heavy atom. The lowest BCUT2D eigenvalue weighted by Crippen LogP contribution is -2.01. The van der Waals surface area contributed by atoms with E-state index >= 15 is 0 Å². The van der Waals surface area contributed by atoms with E-state index in [4.69, 9.17) is 9.68 Å². The second-order valence-corrected chi connectivity index (χ2v) is 2.64. The Kier molecular flexibility index (Phi) is 2.14. The van der Waals surface area contributed by atoms with Crippen LogP contribution in [0.4, 0.5) is 0 Å². The molecule has 0 aliphatic heterocycles. The fourth-order valence-corrected chi connectivity index (χ4v) is 1.21. The van der Waals surface area contributed by atoms with Crippen molar-refractivity contribution in [2.75, 3.05) is 0 Å². The number of nitrogens with zero attached hydrogens (tertiary/aromatic N) is 1. The minimum Gasteiger partial charge on any atom is -0.525 e. The lowest BCUT2D eigenvalue weighted by atomic mass is 10.2. The minimum absolute atomic E-state index is 0.342. The molecule has 13 heavy (non-hydrogen) atoms. The fraction of sp³-hybridized carbons (Fsp3) is 0. The van der Waals surface area contributed by atoms with Crippen molar-refractivity contribution in [3.63, 3.8) is 0 Å². The Hall–Kier alpha value is -1.55. The average Bonchev–Trinajstić information content (AvgIpc) is 2.18. The van der Waals surface area contributed by atoms with Gasteiger partial charge in [-0.3, -0.25) is 0 Å². The monoisotopic (exact) mass is 173 g/mol. The molecule has 1 N–H and O–H groups in total. The summed E-state index contributed by atoms with van der Waals surface area (Å²) in [6.45, 7) is 0. The van der Waals surface area contributed by atoms with Crippen LogP contribution < -0.4 is 4.65 Å². The summed E-state index contributed by atoms with van der Waals surface area (Å²) in [4.78, 5) is 4.01. The van der Waals surface area contributed by atoms with Gasteiger partial charge in [-0.05, 0) is 5.39 Å². The number of hydrogen-bond donors (Lipinski definition) is 1. The number of rotatable bonds is 2. The number of aromatic nitrogens is 1. The van der Waals surface area contributed by atoms with Crippen LogP contribution in [-0.4, -0.2) is 17.7 Å². The van der Waals surface area contributed by atoms with E-state index in [1.165, 1.54) is 0 Å². The summed E-state index contributed by atoms with van der Waals surface area (Å²) in [5.74, 6) is 0.446. The van der Waals surface area contributed by atoms with Crippen molar-refractivity contribution >= 4 is 18.5 Å². The van der Waals surface area contributed by atoms with Crippen molar-refractivity contribution in [2.45, 2.75) is 0 Å². The van der Waals surface area contributed by atoms with Gasteiger partial charge in [-0.1, -0.05) is 24.3 Å². The standard InChI is InChI=1S/C9H8BNO2/c12-10-13-9-5-7-3-1-2-4-8(7)6-11-9/h1-6,10,12H. The molecular formula is C9H8BNO2. The summed E-state index contributed by atoms with van der Waals surface area (Å²) < 4.78 is 4.86. The largest absolute Gasteiger partial charge is 0.525 e. The van der Waals surface area contributed by atoms with Crippen LogP contribution >= 0.6 is 0 Å². The normalized spacial score (nSPS) is 9.92. The molecule has 3 nitrogen and oxygen atoms in total. The van der Waals surface area contributed by atoms with Gasteiger partial charge in [0.15, 0.2) is 5.88 Å². The van der Waals surface area contributed by atoms with Crippen LogP contribution in [0.2, 0.25) is 0 Å². The predicted octanol–water partition coefficient (Wildman–Crippen LogP) is 0.872. The predicted molar refractivity (Wildman–Crippen MR) is 51.7 cm³/mol. The molecule has 4 heteroatoms. The Balaban J connectivity index is 2.49. The van der Waals surface area contributed by atoms with Crippen molar-refractivity contribution in [3.8, 4) is 5.88 Å². The van der Waals surface area contributed by atoms with Gasteiger partial charge in [0.1, 0.15) is 0 Å². The summed E-state index contributed by atoms with van der Waals surface area (Å²) in [5, 5.41) is 10.6. The maximum Gasteiger partial charge on any atom is 0.505 e. The summed E-state index contributed by atoms with van der Waals surface area (Å²) in [6, 6.07) is 9.65. The zero-order valence-electron chi connectivity index (χ0n) is 6.97. The summed E-state index contributed by atoms with van der Waals surface area (Å²) in [5.41, 5.74) is 0. The van der Waals surface area contributed by atoms with E-state index in [1.807, 2.05) is 24.3 Å². The Labute approximate surface area is 76.3 Å². The first-order chi connectivity index (χ1) is 6.40. The molecule has 0 radical (unpaired) electrons. The van der Waals surface area contributed by atoms with Crippen LogP contribution in [0.5, 0.6) is 5.88 Å². The molecule has 1 aromatic carbocycles. The van der Waals surface area contributed by atoms with E-state index in [-0.39, 0.29) is 7.69 Å². The molecule has 2 aromatic rings. The van der Waals surface area contributed by atoms with Gasteiger partial charge in [-0.25, -0.2) is 4.98 Å².